The minimum Gasteiger partial charge on any atom is -0.399 e. The summed E-state index contributed by atoms with van der Waals surface area (Å²) >= 11 is 0. The third kappa shape index (κ3) is 2.03. The van der Waals surface area contributed by atoms with Crippen LogP contribution in [0.1, 0.15) is 36.8 Å². The van der Waals surface area contributed by atoms with Gasteiger partial charge in [-0.05, 0) is 47.2 Å². The smallest absolute Gasteiger partial charge is 0.0622 e. The molecule has 0 heterocycles. The molecule has 3 nitrogen and oxygen atoms in total. The van der Waals surface area contributed by atoms with Crippen molar-refractivity contribution in [3.8, 4) is 23.3 Å². The molecule has 0 spiro atoms. The third-order valence-corrected chi connectivity index (χ3v) is 4.62. The van der Waals surface area contributed by atoms with Crippen LogP contribution in [0.2, 0.25) is 0 Å². The number of nitrogens with two attached hydrogens (primary N) is 1. The molecule has 108 valence electrons. The Morgan fingerprint density at radius 2 is 1.50 bits per heavy atom. The molecule has 0 radical (unpaired) electrons. The first kappa shape index (κ1) is 14.2. The number of nitriles is 2. The summed E-state index contributed by atoms with van der Waals surface area (Å²) in [4.78, 5) is 0. The first-order chi connectivity index (χ1) is 10.7. The van der Waals surface area contributed by atoms with E-state index in [1.807, 2.05) is 24.3 Å². The van der Waals surface area contributed by atoms with Gasteiger partial charge in [-0.1, -0.05) is 30.3 Å². The Labute approximate surface area is 130 Å². The van der Waals surface area contributed by atoms with E-state index in [1.165, 1.54) is 22.3 Å². The van der Waals surface area contributed by atoms with Gasteiger partial charge in [0.2, 0.25) is 0 Å². The molecule has 0 aliphatic heterocycles. The van der Waals surface area contributed by atoms with Crippen LogP contribution in [0.25, 0.3) is 11.1 Å². The molecular formula is C19H17N3. The van der Waals surface area contributed by atoms with Crippen molar-refractivity contribution in [1.29, 1.82) is 10.5 Å². The van der Waals surface area contributed by atoms with Crippen molar-refractivity contribution in [3.63, 3.8) is 0 Å². The Morgan fingerprint density at radius 1 is 0.864 bits per heavy atom. The van der Waals surface area contributed by atoms with Gasteiger partial charge in [0.1, 0.15) is 0 Å². The summed E-state index contributed by atoms with van der Waals surface area (Å²) in [5.74, 6) is 0. The third-order valence-electron chi connectivity index (χ3n) is 4.62. The minimum atomic E-state index is -0.271. The van der Waals surface area contributed by atoms with E-state index in [0.717, 1.165) is 18.5 Å². The second kappa shape index (κ2) is 5.54. The van der Waals surface area contributed by atoms with Gasteiger partial charge in [-0.2, -0.15) is 10.5 Å². The summed E-state index contributed by atoms with van der Waals surface area (Å²) in [6, 6.07) is 18.8. The molecule has 1 aliphatic carbocycles. The summed E-state index contributed by atoms with van der Waals surface area (Å²) in [7, 11) is 0. The zero-order valence-corrected chi connectivity index (χ0v) is 12.3. The quantitative estimate of drug-likeness (QED) is 0.859. The fraction of sp³-hybridized carbons (Fsp3) is 0.263. The number of nitrogen functional groups attached to an aromatic ring is 1. The van der Waals surface area contributed by atoms with Gasteiger partial charge in [-0.3, -0.25) is 0 Å². The monoisotopic (exact) mass is 287 g/mol. The maximum absolute atomic E-state index is 9.08. The first-order valence-electron chi connectivity index (χ1n) is 7.47. The Hall–Kier alpha value is -2.78. The van der Waals surface area contributed by atoms with Crippen molar-refractivity contribution in [1.82, 2.24) is 0 Å². The first-order valence-corrected chi connectivity index (χ1v) is 7.47. The van der Waals surface area contributed by atoms with Crippen LogP contribution in [-0.4, -0.2) is 0 Å². The Kier molecular flexibility index (Phi) is 3.57. The normalized spacial score (nSPS) is 13.7. The van der Waals surface area contributed by atoms with Crippen LogP contribution in [0.4, 0.5) is 5.69 Å². The highest BCUT2D eigenvalue weighted by atomic mass is 14.6. The van der Waals surface area contributed by atoms with Gasteiger partial charge in [0.25, 0.3) is 0 Å². The topological polar surface area (TPSA) is 73.6 Å². The number of rotatable bonds is 4. The van der Waals surface area contributed by atoms with Gasteiger partial charge in [-0.15, -0.1) is 0 Å². The van der Waals surface area contributed by atoms with Crippen LogP contribution < -0.4 is 5.73 Å². The molecule has 0 saturated heterocycles. The van der Waals surface area contributed by atoms with E-state index in [0.29, 0.717) is 12.8 Å². The average molecular weight is 287 g/mol. The number of anilines is 1. The lowest BCUT2D eigenvalue weighted by molar-refractivity contribution is 0.458. The van der Waals surface area contributed by atoms with E-state index < -0.39 is 0 Å². The fourth-order valence-corrected chi connectivity index (χ4v) is 3.68. The maximum Gasteiger partial charge on any atom is 0.0622 e. The summed E-state index contributed by atoms with van der Waals surface area (Å²) in [6.45, 7) is 0. The number of hydrogen-bond donors (Lipinski definition) is 1. The van der Waals surface area contributed by atoms with Gasteiger partial charge in [-0.25, -0.2) is 0 Å². The van der Waals surface area contributed by atoms with Gasteiger partial charge >= 0.3 is 0 Å². The van der Waals surface area contributed by atoms with Crippen LogP contribution in [-0.2, 0) is 5.41 Å². The molecule has 0 amide bonds. The van der Waals surface area contributed by atoms with Crippen LogP contribution in [0.3, 0.4) is 0 Å². The van der Waals surface area contributed by atoms with Gasteiger partial charge in [0.15, 0.2) is 0 Å². The molecule has 3 rings (SSSR count). The Bertz CT molecular complexity index is 775. The van der Waals surface area contributed by atoms with E-state index in [2.05, 4.69) is 30.3 Å². The van der Waals surface area contributed by atoms with Crippen LogP contribution in [0, 0.1) is 22.7 Å². The molecule has 0 fully saturated rings. The molecule has 0 unspecified atom stereocenters. The van der Waals surface area contributed by atoms with E-state index in [9.17, 15) is 0 Å². The summed E-state index contributed by atoms with van der Waals surface area (Å²) in [5, 5.41) is 18.2. The average Bonchev–Trinajstić information content (AvgIpc) is 2.81. The van der Waals surface area contributed by atoms with Crippen molar-refractivity contribution < 1.29 is 0 Å². The molecule has 22 heavy (non-hydrogen) atoms. The molecule has 0 atom stereocenters. The fourth-order valence-electron chi connectivity index (χ4n) is 3.68. The molecule has 2 N–H and O–H groups in total. The SMILES string of the molecule is N#CCCC1(CCC#N)c2ccccc2-c2ccc(N)cc21. The number of fused-ring (bicyclic) bond motifs is 3. The zero-order valence-electron chi connectivity index (χ0n) is 12.3. The molecular weight excluding hydrogens is 270 g/mol. The Morgan fingerprint density at radius 3 is 2.18 bits per heavy atom. The molecule has 3 heteroatoms. The standard InChI is InChI=1S/C19H17N3/c20-11-3-9-19(10-4-12-21)17-6-2-1-5-15(17)16-8-7-14(22)13-18(16)19/h1-2,5-8,13H,3-4,9-10,22H2. The maximum atomic E-state index is 9.08. The lowest BCUT2D eigenvalue weighted by Crippen LogP contribution is -2.25. The lowest BCUT2D eigenvalue weighted by atomic mass is 9.71. The van der Waals surface area contributed by atoms with E-state index in [1.54, 1.807) is 0 Å². The van der Waals surface area contributed by atoms with Crippen molar-refractivity contribution >= 4 is 5.69 Å². The van der Waals surface area contributed by atoms with Gasteiger partial charge in [0.05, 0.1) is 12.1 Å². The van der Waals surface area contributed by atoms with Gasteiger partial charge in [0, 0.05) is 23.9 Å². The molecule has 2 aromatic rings. The number of benzene rings is 2. The highest BCUT2D eigenvalue weighted by Gasteiger charge is 2.42. The second-order valence-electron chi connectivity index (χ2n) is 5.75. The highest BCUT2D eigenvalue weighted by molar-refractivity contribution is 5.82. The molecule has 0 bridgehead atoms. The predicted molar refractivity (Wildman–Crippen MR) is 86.8 cm³/mol. The Balaban J connectivity index is 2.25. The van der Waals surface area contributed by atoms with Crippen LogP contribution >= 0.6 is 0 Å². The molecule has 1 aliphatic rings. The minimum absolute atomic E-state index is 0.271. The van der Waals surface area contributed by atoms with Crippen molar-refractivity contribution in [2.45, 2.75) is 31.1 Å². The van der Waals surface area contributed by atoms with Crippen LogP contribution in [0.15, 0.2) is 42.5 Å². The predicted octanol–water partition coefficient (Wildman–Crippen LogP) is 4.14. The summed E-state index contributed by atoms with van der Waals surface area (Å²) in [5.41, 5.74) is 11.2. The van der Waals surface area contributed by atoms with E-state index in [4.69, 9.17) is 16.3 Å². The van der Waals surface area contributed by atoms with Gasteiger partial charge < -0.3 is 5.73 Å². The molecule has 2 aromatic carbocycles. The summed E-state index contributed by atoms with van der Waals surface area (Å²) in [6.07, 6.45) is 2.37. The van der Waals surface area contributed by atoms with Crippen molar-refractivity contribution in [2.24, 2.45) is 0 Å². The van der Waals surface area contributed by atoms with Crippen molar-refractivity contribution in [3.05, 3.63) is 53.6 Å². The highest BCUT2D eigenvalue weighted by Crippen LogP contribution is 2.53. The van der Waals surface area contributed by atoms with E-state index in [-0.39, 0.29) is 5.41 Å². The number of hydrogen-bond acceptors (Lipinski definition) is 3. The lowest BCUT2D eigenvalue weighted by Gasteiger charge is -2.31. The van der Waals surface area contributed by atoms with Crippen LogP contribution in [0.5, 0.6) is 0 Å². The largest absolute Gasteiger partial charge is 0.399 e. The number of nitrogens with zero attached hydrogens (tertiary/aromatic N) is 2. The van der Waals surface area contributed by atoms with E-state index >= 15 is 0 Å². The summed E-state index contributed by atoms with van der Waals surface area (Å²) < 4.78 is 0. The second-order valence-corrected chi connectivity index (χ2v) is 5.75. The van der Waals surface area contributed by atoms with Crippen molar-refractivity contribution in [2.75, 3.05) is 5.73 Å². The molecule has 0 saturated carbocycles. The zero-order chi connectivity index (χ0) is 15.6. The molecule has 0 aromatic heterocycles.